The molecule has 0 aromatic heterocycles. The van der Waals surface area contributed by atoms with E-state index in [1.54, 1.807) is 0 Å². The minimum Gasteiger partial charge on any atom is -0.356 e. The van der Waals surface area contributed by atoms with Crippen LogP contribution in [0.25, 0.3) is 0 Å². The van der Waals surface area contributed by atoms with Crippen molar-refractivity contribution < 1.29 is 112 Å². The molecule has 2 radical (unpaired) electrons. The van der Waals surface area contributed by atoms with Crippen molar-refractivity contribution in [1.29, 1.82) is 0 Å². The van der Waals surface area contributed by atoms with Gasteiger partial charge in [0.15, 0.2) is 0 Å². The van der Waals surface area contributed by atoms with Crippen LogP contribution in [-0.2, 0) is 0 Å². The summed E-state index contributed by atoms with van der Waals surface area (Å²) in [6, 6.07) is 0. The molecule has 0 aliphatic carbocycles. The average Bonchev–Trinajstić information content (AvgIpc) is 2.08. The van der Waals surface area contributed by atoms with E-state index in [2.05, 4.69) is 0 Å². The number of hydrogen-bond acceptors (Lipinski definition) is 18. The van der Waals surface area contributed by atoms with Gasteiger partial charge in [0.1, 0.15) is 0 Å². The fourth-order valence-corrected chi connectivity index (χ4v) is 0. The Hall–Kier alpha value is -2.11. The molecule has 0 saturated carbocycles. The molecule has 26 heavy (non-hydrogen) atoms. The SMILES string of the molecule is O=[N+]([O-])[O-].O=[N+]([O-])[O-].O=[N+]([O-])[O-].O=[N+]([O-])[O-].O=[N+]([O-])[O-].O=[N+]([O-])[O-].[Nd+3].[Sm+3]. The Morgan fingerprint density at radius 1 is 0.308 bits per heavy atom. The Morgan fingerprint density at radius 2 is 0.308 bits per heavy atom. The van der Waals surface area contributed by atoms with E-state index in [1.165, 1.54) is 0 Å². The minimum absolute atomic E-state index is 0. The van der Waals surface area contributed by atoms with Crippen molar-refractivity contribution in [1.82, 2.24) is 0 Å². The van der Waals surface area contributed by atoms with Crippen LogP contribution in [-0.4, -0.2) is 30.5 Å². The van der Waals surface area contributed by atoms with E-state index in [4.69, 9.17) is 91.9 Å². The summed E-state index contributed by atoms with van der Waals surface area (Å²) in [7, 11) is 0. The van der Waals surface area contributed by atoms with Crippen LogP contribution in [0.2, 0.25) is 0 Å². The van der Waals surface area contributed by atoms with E-state index < -0.39 is 30.5 Å². The topological polar surface area (TPSA) is 397 Å². The van der Waals surface area contributed by atoms with Crippen LogP contribution in [0.4, 0.5) is 0 Å². The molecular weight excluding hydrogens is 667 g/mol. The summed E-state index contributed by atoms with van der Waals surface area (Å²) >= 11 is 0. The van der Waals surface area contributed by atoms with Crippen molar-refractivity contribution in [3.63, 3.8) is 0 Å². The van der Waals surface area contributed by atoms with Crippen molar-refractivity contribution in [3.05, 3.63) is 91.9 Å². The fourth-order valence-electron chi connectivity index (χ4n) is 0. The van der Waals surface area contributed by atoms with Gasteiger partial charge in [-0.3, -0.25) is 0 Å². The van der Waals surface area contributed by atoms with Gasteiger partial charge in [-0.2, -0.15) is 0 Å². The van der Waals surface area contributed by atoms with Gasteiger partial charge in [-0.25, -0.2) is 0 Å². The monoisotopic (exact) mass is 666 g/mol. The Morgan fingerprint density at radius 3 is 0.308 bits per heavy atom. The van der Waals surface area contributed by atoms with E-state index in [0.29, 0.717) is 0 Å². The largest absolute Gasteiger partial charge is 3.00 e. The van der Waals surface area contributed by atoms with E-state index in [-0.39, 0.29) is 81.2 Å². The third-order valence-electron chi connectivity index (χ3n) is 0. The molecule has 0 bridgehead atoms. The quantitative estimate of drug-likeness (QED) is 0.211. The van der Waals surface area contributed by atoms with Gasteiger partial charge < -0.3 is 91.9 Å². The van der Waals surface area contributed by atoms with Crippen LogP contribution in [0.5, 0.6) is 0 Å². The van der Waals surface area contributed by atoms with Crippen LogP contribution in [0.3, 0.4) is 0 Å². The molecule has 0 rings (SSSR count). The zero-order chi connectivity index (χ0) is 21.5. The van der Waals surface area contributed by atoms with Gasteiger partial charge in [0.25, 0.3) is 0 Å². The zero-order valence-corrected chi connectivity index (χ0v) is 16.8. The predicted molar refractivity (Wildman–Crippen MR) is 62.2 cm³/mol. The summed E-state index contributed by atoms with van der Waals surface area (Å²) in [5.74, 6) is 0. The molecule has 0 fully saturated rings. The van der Waals surface area contributed by atoms with E-state index >= 15 is 0 Å². The molecule has 0 saturated heterocycles. The zero-order valence-electron chi connectivity index (χ0n) is 10.9. The Bertz CT molecular complexity index is 263. The summed E-state index contributed by atoms with van der Waals surface area (Å²) in [5.41, 5.74) is 0. The average molecular weight is 667 g/mol. The van der Waals surface area contributed by atoms with Crippen LogP contribution >= 0.6 is 0 Å². The molecule has 0 aliphatic rings. The molecule has 0 atom stereocenters. The maximum Gasteiger partial charge on any atom is 3.00 e. The second-order valence-electron chi connectivity index (χ2n) is 1.34. The van der Waals surface area contributed by atoms with Crippen LogP contribution < -0.4 is 0 Å². The summed E-state index contributed by atoms with van der Waals surface area (Å²) in [6.07, 6.45) is 0. The number of nitrogens with zero attached hydrogens (tertiary/aromatic N) is 6. The first kappa shape index (κ1) is 49.6. The molecular formula is N6NdO18Sm. The molecule has 24 nitrogen and oxygen atoms in total. The molecule has 0 heterocycles. The Balaban J connectivity index is -0.0000000245. The van der Waals surface area contributed by atoms with E-state index in [9.17, 15) is 0 Å². The van der Waals surface area contributed by atoms with Gasteiger partial charge in [-0.15, -0.1) is 0 Å². The minimum atomic E-state index is -1.75. The van der Waals surface area contributed by atoms with Crippen molar-refractivity contribution >= 4 is 0 Å². The first-order valence-corrected chi connectivity index (χ1v) is 3.29. The normalized spacial score (nSPS) is 5.54. The third-order valence-corrected chi connectivity index (χ3v) is 0. The summed E-state index contributed by atoms with van der Waals surface area (Å²) in [5, 5.41) is 88.5. The number of rotatable bonds is 0. The molecule has 0 amide bonds. The van der Waals surface area contributed by atoms with Crippen molar-refractivity contribution in [2.24, 2.45) is 0 Å². The van der Waals surface area contributed by atoms with Crippen molar-refractivity contribution in [2.45, 2.75) is 0 Å². The van der Waals surface area contributed by atoms with E-state index in [0.717, 1.165) is 0 Å². The molecule has 0 spiro atoms. The molecule has 0 N–H and O–H groups in total. The molecule has 148 valence electrons. The maximum absolute atomic E-state index is 8.25. The van der Waals surface area contributed by atoms with Crippen LogP contribution in [0.15, 0.2) is 0 Å². The smallest absolute Gasteiger partial charge is 0.356 e. The van der Waals surface area contributed by atoms with Gasteiger partial charge >= 0.3 is 81.2 Å². The Labute approximate surface area is 201 Å². The first-order valence-electron chi connectivity index (χ1n) is 3.29. The molecule has 0 aliphatic heterocycles. The fraction of sp³-hybridized carbons (Fsp3) is 0. The standard InChI is InChI=1S/6NO3.Nd.Sm/c6*2-1(3)4;;/q6*-1;2*+3. The maximum atomic E-state index is 8.25. The van der Waals surface area contributed by atoms with E-state index in [1.807, 2.05) is 0 Å². The summed E-state index contributed by atoms with van der Waals surface area (Å²) < 4.78 is 0. The van der Waals surface area contributed by atoms with Crippen molar-refractivity contribution in [3.8, 4) is 0 Å². The van der Waals surface area contributed by atoms with Crippen molar-refractivity contribution in [2.75, 3.05) is 0 Å². The second-order valence-corrected chi connectivity index (χ2v) is 1.34. The number of hydrogen-bond donors (Lipinski definition) is 0. The molecule has 26 heteroatoms. The van der Waals surface area contributed by atoms with Gasteiger partial charge in [-0.1, -0.05) is 0 Å². The van der Waals surface area contributed by atoms with Gasteiger partial charge in [-0.05, 0) is 0 Å². The van der Waals surface area contributed by atoms with Crippen LogP contribution in [0, 0.1) is 173 Å². The second kappa shape index (κ2) is 43.4. The van der Waals surface area contributed by atoms with Gasteiger partial charge in [0, 0.05) is 0 Å². The Kier molecular flexibility index (Phi) is 82.8. The first-order chi connectivity index (χ1) is 10.4. The van der Waals surface area contributed by atoms with Gasteiger partial charge in [0.05, 0.1) is 30.5 Å². The summed E-state index contributed by atoms with van der Waals surface area (Å²) in [4.78, 5) is 49.5. The van der Waals surface area contributed by atoms with Gasteiger partial charge in [0.2, 0.25) is 0 Å². The van der Waals surface area contributed by atoms with Crippen LogP contribution in [0.1, 0.15) is 0 Å². The molecule has 0 aromatic carbocycles. The third kappa shape index (κ3) is 2140. The summed E-state index contributed by atoms with van der Waals surface area (Å²) in [6.45, 7) is 0. The molecule has 0 unspecified atom stereocenters. The predicted octanol–water partition coefficient (Wildman–Crippen LogP) is -1.43. The molecule has 0 aromatic rings.